The first-order valence-electron chi connectivity index (χ1n) is 8.38. The number of pyridine rings is 2. The number of anilines is 3. The molecule has 27 heavy (non-hydrogen) atoms. The quantitative estimate of drug-likeness (QED) is 0.627. The van der Waals surface area contributed by atoms with Crippen LogP contribution in [0.15, 0.2) is 67.1 Å². The van der Waals surface area contributed by atoms with E-state index in [1.54, 1.807) is 30.6 Å². The molecule has 0 unspecified atom stereocenters. The Kier molecular flexibility index (Phi) is 5.73. The zero-order valence-corrected chi connectivity index (χ0v) is 14.8. The largest absolute Gasteiger partial charge is 0.354 e. The van der Waals surface area contributed by atoms with Gasteiger partial charge in [-0.25, -0.2) is 0 Å². The molecule has 2 aromatic heterocycles. The summed E-state index contributed by atoms with van der Waals surface area (Å²) < 4.78 is 0. The number of hydrogen-bond donors (Lipinski definition) is 3. The van der Waals surface area contributed by atoms with Crippen molar-refractivity contribution in [2.75, 3.05) is 10.6 Å². The van der Waals surface area contributed by atoms with Crippen molar-refractivity contribution < 1.29 is 9.59 Å². The highest BCUT2D eigenvalue weighted by Crippen LogP contribution is 2.20. The van der Waals surface area contributed by atoms with Gasteiger partial charge >= 0.3 is 0 Å². The Labute approximate surface area is 156 Å². The standard InChI is InChI=1S/C20H19N5O2/c1-14(26)24-16-6-4-7-17(10-16)25-19-9-15(11-21-12-19)20(27)23-13-18-5-2-3-8-22-18/h2-12,25H,13H2,1H3,(H,23,27)(H,24,26). The first-order chi connectivity index (χ1) is 13.1. The predicted molar refractivity (Wildman–Crippen MR) is 104 cm³/mol. The summed E-state index contributed by atoms with van der Waals surface area (Å²) >= 11 is 0. The maximum Gasteiger partial charge on any atom is 0.253 e. The Balaban J connectivity index is 1.66. The average Bonchev–Trinajstić information content (AvgIpc) is 2.67. The molecule has 0 saturated heterocycles. The zero-order chi connectivity index (χ0) is 19.1. The maximum atomic E-state index is 12.3. The van der Waals surface area contributed by atoms with E-state index in [0.717, 1.165) is 11.4 Å². The molecule has 3 N–H and O–H groups in total. The van der Waals surface area contributed by atoms with E-state index in [1.165, 1.54) is 13.1 Å². The molecule has 0 bridgehead atoms. The fourth-order valence-electron chi connectivity index (χ4n) is 2.45. The van der Waals surface area contributed by atoms with Gasteiger partial charge in [-0.3, -0.25) is 19.6 Å². The SMILES string of the molecule is CC(=O)Nc1cccc(Nc2cncc(C(=O)NCc3ccccn3)c2)c1. The van der Waals surface area contributed by atoms with Gasteiger partial charge in [0.25, 0.3) is 5.91 Å². The predicted octanol–water partition coefficient (Wildman–Crippen LogP) is 3.11. The fourth-order valence-corrected chi connectivity index (χ4v) is 2.45. The van der Waals surface area contributed by atoms with Gasteiger partial charge < -0.3 is 16.0 Å². The third-order valence-electron chi connectivity index (χ3n) is 3.63. The van der Waals surface area contributed by atoms with Gasteiger partial charge in [-0.05, 0) is 36.4 Å². The van der Waals surface area contributed by atoms with Crippen molar-refractivity contribution in [2.45, 2.75) is 13.5 Å². The molecular formula is C20H19N5O2. The molecule has 3 rings (SSSR count). The molecular weight excluding hydrogens is 342 g/mol. The fraction of sp³-hybridized carbons (Fsp3) is 0.100. The molecule has 0 radical (unpaired) electrons. The highest BCUT2D eigenvalue weighted by molar-refractivity contribution is 5.95. The van der Waals surface area contributed by atoms with Crippen molar-refractivity contribution >= 4 is 28.9 Å². The number of hydrogen-bond acceptors (Lipinski definition) is 5. The van der Waals surface area contributed by atoms with Gasteiger partial charge in [0.05, 0.1) is 29.7 Å². The van der Waals surface area contributed by atoms with E-state index >= 15 is 0 Å². The van der Waals surface area contributed by atoms with Crippen LogP contribution in [0.4, 0.5) is 17.1 Å². The van der Waals surface area contributed by atoms with Gasteiger partial charge in [-0.2, -0.15) is 0 Å². The molecule has 0 aliphatic carbocycles. The first-order valence-corrected chi connectivity index (χ1v) is 8.38. The minimum absolute atomic E-state index is 0.139. The van der Waals surface area contributed by atoms with E-state index < -0.39 is 0 Å². The Bertz CT molecular complexity index is 944. The van der Waals surface area contributed by atoms with Crippen LogP contribution in [0.1, 0.15) is 23.0 Å². The molecule has 0 aliphatic rings. The van der Waals surface area contributed by atoms with Crippen LogP contribution in [0.5, 0.6) is 0 Å². The third kappa shape index (κ3) is 5.37. The second-order valence-electron chi connectivity index (χ2n) is 5.85. The number of amides is 2. The highest BCUT2D eigenvalue weighted by Gasteiger charge is 2.08. The lowest BCUT2D eigenvalue weighted by atomic mass is 10.2. The number of carbonyl (C=O) groups is 2. The molecule has 1 aromatic carbocycles. The summed E-state index contributed by atoms with van der Waals surface area (Å²) in [6.07, 6.45) is 4.82. The van der Waals surface area contributed by atoms with Crippen molar-refractivity contribution in [3.05, 3.63) is 78.4 Å². The summed E-state index contributed by atoms with van der Waals surface area (Å²) in [5.41, 5.74) is 3.34. The molecule has 7 heteroatoms. The van der Waals surface area contributed by atoms with Crippen molar-refractivity contribution in [3.8, 4) is 0 Å². The summed E-state index contributed by atoms with van der Waals surface area (Å²) in [7, 11) is 0. The highest BCUT2D eigenvalue weighted by atomic mass is 16.2. The molecule has 0 fully saturated rings. The lowest BCUT2D eigenvalue weighted by Gasteiger charge is -2.10. The van der Waals surface area contributed by atoms with Crippen molar-refractivity contribution in [1.82, 2.24) is 15.3 Å². The van der Waals surface area contributed by atoms with Gasteiger partial charge in [-0.15, -0.1) is 0 Å². The zero-order valence-electron chi connectivity index (χ0n) is 14.8. The van der Waals surface area contributed by atoms with E-state index in [2.05, 4.69) is 25.9 Å². The normalized spacial score (nSPS) is 10.1. The summed E-state index contributed by atoms with van der Waals surface area (Å²) in [5.74, 6) is -0.371. The molecule has 0 aliphatic heterocycles. The second kappa shape index (κ2) is 8.57. The van der Waals surface area contributed by atoms with Crippen LogP contribution in [0.25, 0.3) is 0 Å². The van der Waals surface area contributed by atoms with Crippen LogP contribution in [0.3, 0.4) is 0 Å². The lowest BCUT2D eigenvalue weighted by molar-refractivity contribution is -0.114. The number of nitrogens with one attached hydrogen (secondary N) is 3. The Morgan fingerprint density at radius 2 is 1.81 bits per heavy atom. The summed E-state index contributed by atoms with van der Waals surface area (Å²) in [5, 5.41) is 8.73. The maximum absolute atomic E-state index is 12.3. The Morgan fingerprint density at radius 3 is 2.59 bits per heavy atom. The smallest absolute Gasteiger partial charge is 0.253 e. The first kappa shape index (κ1) is 18.1. The molecule has 0 atom stereocenters. The summed E-state index contributed by atoms with van der Waals surface area (Å²) in [6, 6.07) is 14.5. The van der Waals surface area contributed by atoms with Gasteiger partial charge in [0.15, 0.2) is 0 Å². The summed E-state index contributed by atoms with van der Waals surface area (Å²) in [6.45, 7) is 1.80. The van der Waals surface area contributed by atoms with Crippen molar-refractivity contribution in [3.63, 3.8) is 0 Å². The van der Waals surface area contributed by atoms with Gasteiger partial charge in [0, 0.05) is 30.7 Å². The number of benzene rings is 1. The van der Waals surface area contributed by atoms with Crippen LogP contribution < -0.4 is 16.0 Å². The molecule has 7 nitrogen and oxygen atoms in total. The number of nitrogens with zero attached hydrogens (tertiary/aromatic N) is 2. The van der Waals surface area contributed by atoms with Crippen LogP contribution in [-0.2, 0) is 11.3 Å². The van der Waals surface area contributed by atoms with Crippen LogP contribution in [-0.4, -0.2) is 21.8 Å². The molecule has 136 valence electrons. The van der Waals surface area contributed by atoms with Crippen LogP contribution in [0.2, 0.25) is 0 Å². The topological polar surface area (TPSA) is 96.0 Å². The van der Waals surface area contributed by atoms with Gasteiger partial charge in [0.1, 0.15) is 0 Å². The molecule has 3 aromatic rings. The second-order valence-corrected chi connectivity index (χ2v) is 5.85. The molecule has 0 spiro atoms. The number of rotatable bonds is 6. The Morgan fingerprint density at radius 1 is 0.963 bits per heavy atom. The number of aromatic nitrogens is 2. The third-order valence-corrected chi connectivity index (χ3v) is 3.63. The van der Waals surface area contributed by atoms with Crippen LogP contribution in [0, 0.1) is 0 Å². The summed E-state index contributed by atoms with van der Waals surface area (Å²) in [4.78, 5) is 31.8. The van der Waals surface area contributed by atoms with E-state index in [9.17, 15) is 9.59 Å². The molecule has 2 heterocycles. The van der Waals surface area contributed by atoms with Crippen LogP contribution >= 0.6 is 0 Å². The minimum Gasteiger partial charge on any atom is -0.354 e. The minimum atomic E-state index is -0.233. The van der Waals surface area contributed by atoms with E-state index in [0.29, 0.717) is 23.5 Å². The van der Waals surface area contributed by atoms with Gasteiger partial charge in [-0.1, -0.05) is 12.1 Å². The average molecular weight is 361 g/mol. The van der Waals surface area contributed by atoms with Crippen molar-refractivity contribution in [1.29, 1.82) is 0 Å². The number of carbonyl (C=O) groups excluding carboxylic acids is 2. The van der Waals surface area contributed by atoms with E-state index in [4.69, 9.17) is 0 Å². The van der Waals surface area contributed by atoms with E-state index in [-0.39, 0.29) is 11.8 Å². The van der Waals surface area contributed by atoms with E-state index in [1.807, 2.05) is 30.3 Å². The lowest BCUT2D eigenvalue weighted by Crippen LogP contribution is -2.23. The monoisotopic (exact) mass is 361 g/mol. The molecule has 0 saturated carbocycles. The Hall–Kier alpha value is -3.74. The van der Waals surface area contributed by atoms with Crippen molar-refractivity contribution in [2.24, 2.45) is 0 Å². The molecule has 2 amide bonds. The van der Waals surface area contributed by atoms with Gasteiger partial charge in [0.2, 0.25) is 5.91 Å².